The van der Waals surface area contributed by atoms with Crippen LogP contribution in [0.25, 0.3) is 0 Å². The molecule has 0 saturated carbocycles. The van der Waals surface area contributed by atoms with Crippen LogP contribution in [0.5, 0.6) is 0 Å². The third-order valence-corrected chi connectivity index (χ3v) is 1.05. The Morgan fingerprint density at radius 3 is 2.00 bits per heavy atom. The van der Waals surface area contributed by atoms with Crippen molar-refractivity contribution >= 4 is 30.3 Å². The predicted molar refractivity (Wildman–Crippen MR) is 40.0 cm³/mol. The highest BCUT2D eigenvalue weighted by Crippen LogP contribution is 2.13. The number of halogens is 1. The molecule has 0 saturated heterocycles. The molecule has 5 heteroatoms. The summed E-state index contributed by atoms with van der Waals surface area (Å²) in [6.45, 7) is 0. The second kappa shape index (κ2) is 6.78. The summed E-state index contributed by atoms with van der Waals surface area (Å²) < 4.78 is 5.69. The monoisotopic (exact) mass is 158 g/mol. The SMILES string of the molecule is CN(C)PN=P.Cl. The first-order valence-corrected chi connectivity index (χ1v) is 2.91. The van der Waals surface area contributed by atoms with Crippen LogP contribution < -0.4 is 0 Å². The molecule has 0 spiro atoms. The van der Waals surface area contributed by atoms with Gasteiger partial charge in [-0.1, -0.05) is 0 Å². The first-order chi connectivity index (χ1) is 2.77. The fourth-order valence-corrected chi connectivity index (χ4v) is 0.900. The van der Waals surface area contributed by atoms with Crippen molar-refractivity contribution in [1.29, 1.82) is 0 Å². The van der Waals surface area contributed by atoms with Gasteiger partial charge in [0.2, 0.25) is 0 Å². The third-order valence-electron chi connectivity index (χ3n) is 0.250. The number of rotatable bonds is 2. The van der Waals surface area contributed by atoms with E-state index in [1.165, 1.54) is 0 Å². The van der Waals surface area contributed by atoms with Crippen LogP contribution in [0.4, 0.5) is 0 Å². The molecule has 0 fully saturated rings. The maximum atomic E-state index is 3.69. The molecule has 0 aliphatic rings. The quantitative estimate of drug-likeness (QED) is 0.560. The molecule has 0 aliphatic heterocycles. The number of hydrogen-bond acceptors (Lipinski definition) is 2. The molecular formula is C2H9ClN2P2. The zero-order valence-corrected chi connectivity index (χ0v) is 7.12. The number of nitrogens with zero attached hydrogens (tertiary/aromatic N) is 2. The Morgan fingerprint density at radius 2 is 2.00 bits per heavy atom. The molecule has 0 amide bonds. The summed E-state index contributed by atoms with van der Waals surface area (Å²) in [5.41, 5.74) is 0. The lowest BCUT2D eigenvalue weighted by Crippen LogP contribution is -1.92. The van der Waals surface area contributed by atoms with Gasteiger partial charge in [0.1, 0.15) is 0 Å². The minimum atomic E-state index is 0. The second-order valence-electron chi connectivity index (χ2n) is 1.11. The Morgan fingerprint density at radius 1 is 1.57 bits per heavy atom. The van der Waals surface area contributed by atoms with E-state index in [2.05, 4.69) is 13.5 Å². The lowest BCUT2D eigenvalue weighted by Gasteiger charge is -1.99. The minimum Gasteiger partial charge on any atom is -0.272 e. The van der Waals surface area contributed by atoms with E-state index in [4.69, 9.17) is 0 Å². The molecule has 0 bridgehead atoms. The van der Waals surface area contributed by atoms with Crippen LogP contribution in [0.2, 0.25) is 0 Å². The molecule has 0 heterocycles. The first-order valence-electron chi connectivity index (χ1n) is 1.57. The van der Waals surface area contributed by atoms with Crippen LogP contribution in [-0.4, -0.2) is 18.8 Å². The van der Waals surface area contributed by atoms with E-state index in [-0.39, 0.29) is 12.4 Å². The van der Waals surface area contributed by atoms with E-state index >= 15 is 0 Å². The van der Waals surface area contributed by atoms with Gasteiger partial charge in [0.05, 0.1) is 8.88 Å². The Labute approximate surface area is 54.3 Å². The van der Waals surface area contributed by atoms with Crippen molar-refractivity contribution in [2.24, 2.45) is 4.52 Å². The highest BCUT2D eigenvalue weighted by molar-refractivity contribution is 7.38. The molecule has 1 atom stereocenters. The van der Waals surface area contributed by atoms with Gasteiger partial charge in [0, 0.05) is 0 Å². The summed E-state index contributed by atoms with van der Waals surface area (Å²) in [4.78, 5) is 0. The van der Waals surface area contributed by atoms with Gasteiger partial charge in [0.25, 0.3) is 0 Å². The van der Waals surface area contributed by atoms with Crippen molar-refractivity contribution in [1.82, 2.24) is 4.67 Å². The van der Waals surface area contributed by atoms with Crippen LogP contribution in [-0.2, 0) is 0 Å². The minimum absolute atomic E-state index is 0. The zero-order chi connectivity index (χ0) is 4.99. The van der Waals surface area contributed by atoms with Crippen molar-refractivity contribution in [3.05, 3.63) is 0 Å². The van der Waals surface area contributed by atoms with E-state index in [9.17, 15) is 0 Å². The molecule has 44 valence electrons. The second-order valence-corrected chi connectivity index (χ2v) is 3.10. The van der Waals surface area contributed by atoms with Gasteiger partial charge in [-0.15, -0.1) is 12.4 Å². The molecule has 1 unspecified atom stereocenters. The van der Waals surface area contributed by atoms with Gasteiger partial charge in [0.15, 0.2) is 0 Å². The fourth-order valence-electron chi connectivity index (χ4n) is 0.100. The maximum absolute atomic E-state index is 3.69. The van der Waals surface area contributed by atoms with Crippen LogP contribution in [0, 0.1) is 0 Å². The van der Waals surface area contributed by atoms with Gasteiger partial charge < -0.3 is 0 Å². The molecule has 7 heavy (non-hydrogen) atoms. The highest BCUT2D eigenvalue weighted by atomic mass is 35.5. The van der Waals surface area contributed by atoms with Crippen molar-refractivity contribution in [3.63, 3.8) is 0 Å². The Kier molecular flexibility index (Phi) is 10.4. The highest BCUT2D eigenvalue weighted by Gasteiger charge is 1.77. The van der Waals surface area contributed by atoms with E-state index in [1.54, 1.807) is 0 Å². The Balaban J connectivity index is 0. The summed E-state index contributed by atoms with van der Waals surface area (Å²) in [6.07, 6.45) is 0. The van der Waals surface area contributed by atoms with E-state index in [1.807, 2.05) is 18.8 Å². The maximum Gasteiger partial charge on any atom is 0.0785 e. The van der Waals surface area contributed by atoms with E-state index in [0.717, 1.165) is 0 Å². The average molecular weight is 159 g/mol. The summed E-state index contributed by atoms with van der Waals surface area (Å²) >= 11 is 0. The van der Waals surface area contributed by atoms with Crippen molar-refractivity contribution in [2.45, 2.75) is 0 Å². The molecule has 0 radical (unpaired) electrons. The molecule has 0 aliphatic carbocycles. The fraction of sp³-hybridized carbons (Fsp3) is 1.00. The Hall–Kier alpha value is 0.780. The van der Waals surface area contributed by atoms with Gasteiger partial charge in [-0.3, -0.25) is 4.67 Å². The van der Waals surface area contributed by atoms with Crippen molar-refractivity contribution < 1.29 is 0 Å². The van der Waals surface area contributed by atoms with Crippen LogP contribution in [0.3, 0.4) is 0 Å². The smallest absolute Gasteiger partial charge is 0.0785 e. The predicted octanol–water partition coefficient (Wildman–Crippen LogP) is 1.80. The van der Waals surface area contributed by atoms with Crippen LogP contribution in [0.1, 0.15) is 0 Å². The summed E-state index contributed by atoms with van der Waals surface area (Å²) in [5.74, 6) is 0. The summed E-state index contributed by atoms with van der Waals surface area (Å²) in [7, 11) is 7.48. The topological polar surface area (TPSA) is 15.6 Å². The standard InChI is InChI=1S/C2H8N2P2.ClH/c1-4(2)6-3-5;/h5-6H,1-2H3;1H. The first kappa shape index (κ1) is 10.7. The molecule has 0 aromatic heterocycles. The van der Waals surface area contributed by atoms with E-state index < -0.39 is 0 Å². The van der Waals surface area contributed by atoms with E-state index in [0.29, 0.717) is 8.88 Å². The molecular weight excluding hydrogens is 149 g/mol. The van der Waals surface area contributed by atoms with Gasteiger partial charge in [-0.2, -0.15) is 0 Å². The number of hydrogen-bond donors (Lipinski definition) is 0. The lowest BCUT2D eigenvalue weighted by atomic mass is 11.3. The average Bonchev–Trinajstić information content (AvgIpc) is 1.35. The van der Waals surface area contributed by atoms with Gasteiger partial charge >= 0.3 is 0 Å². The molecule has 2 nitrogen and oxygen atoms in total. The summed E-state index contributed by atoms with van der Waals surface area (Å²) in [6, 6.07) is 0. The van der Waals surface area contributed by atoms with Crippen molar-refractivity contribution in [2.75, 3.05) is 14.1 Å². The Bertz CT molecular complexity index is 49.0. The van der Waals surface area contributed by atoms with Crippen molar-refractivity contribution in [3.8, 4) is 0 Å². The third kappa shape index (κ3) is 10.8. The normalized spacial score (nSPS) is 9.57. The molecule has 0 N–H and O–H groups in total. The lowest BCUT2D eigenvalue weighted by molar-refractivity contribution is 0.692. The molecule has 0 rings (SSSR count). The summed E-state index contributed by atoms with van der Waals surface area (Å²) in [5, 5.41) is 0. The van der Waals surface area contributed by atoms with Gasteiger partial charge in [-0.05, 0) is 23.1 Å². The largest absolute Gasteiger partial charge is 0.272 e. The zero-order valence-electron chi connectivity index (χ0n) is 4.30. The molecule has 0 aromatic rings. The van der Waals surface area contributed by atoms with Crippen LogP contribution in [0.15, 0.2) is 4.52 Å². The van der Waals surface area contributed by atoms with Crippen LogP contribution >= 0.6 is 30.3 Å². The molecule has 0 aromatic carbocycles. The van der Waals surface area contributed by atoms with Gasteiger partial charge in [-0.25, -0.2) is 4.52 Å².